The van der Waals surface area contributed by atoms with E-state index in [1.807, 2.05) is 0 Å². The van der Waals surface area contributed by atoms with Crippen molar-refractivity contribution in [2.75, 3.05) is 33.3 Å². The fraction of sp³-hybridized carbons (Fsp3) is 0.586. The number of carbonyl (C=O) groups excluding carboxylic acids is 3. The van der Waals surface area contributed by atoms with Gasteiger partial charge < -0.3 is 24.8 Å². The van der Waals surface area contributed by atoms with E-state index < -0.39 is 97.8 Å². The summed E-state index contributed by atoms with van der Waals surface area (Å²) in [6.45, 7) is -2.33. The number of benzene rings is 1. The van der Waals surface area contributed by atoms with Crippen LogP contribution in [0, 0.1) is 24.6 Å². The highest BCUT2D eigenvalue weighted by atomic mass is 19.3. The Balaban J connectivity index is 1.34. The molecule has 2 N–H and O–H groups in total. The molecule has 1 aromatic carbocycles. The second-order valence-corrected chi connectivity index (χ2v) is 12.5. The lowest BCUT2D eigenvalue weighted by atomic mass is 9.81. The van der Waals surface area contributed by atoms with Gasteiger partial charge in [0.15, 0.2) is 11.5 Å². The van der Waals surface area contributed by atoms with Crippen LogP contribution in [0.5, 0.6) is 0 Å². The average Bonchev–Trinajstić information content (AvgIpc) is 3.80. The third kappa shape index (κ3) is 5.91. The van der Waals surface area contributed by atoms with E-state index in [2.05, 4.69) is 30.2 Å². The summed E-state index contributed by atoms with van der Waals surface area (Å²) in [5.41, 5.74) is -0.249. The molecule has 0 radical (unpaired) electrons. The lowest BCUT2D eigenvalue weighted by molar-refractivity contribution is -0.172. The zero-order valence-corrected chi connectivity index (χ0v) is 25.5. The second kappa shape index (κ2) is 11.9. The van der Waals surface area contributed by atoms with E-state index in [0.717, 1.165) is 12.0 Å². The van der Waals surface area contributed by atoms with E-state index in [4.69, 9.17) is 4.74 Å². The molecule has 1 aliphatic carbocycles. The summed E-state index contributed by atoms with van der Waals surface area (Å²) in [6.07, 6.45) is -1.79. The van der Waals surface area contributed by atoms with Crippen LogP contribution in [0.25, 0.3) is 11.0 Å². The van der Waals surface area contributed by atoms with E-state index in [1.54, 1.807) is 0 Å². The molecule has 19 heteroatoms. The number of imidazole rings is 1. The second-order valence-electron chi connectivity index (χ2n) is 12.5. The highest BCUT2D eigenvalue weighted by Crippen LogP contribution is 2.45. The molecule has 6 rings (SSSR count). The molecule has 3 aliphatic rings. The topological polar surface area (TPSA) is 147 Å². The fourth-order valence-electron chi connectivity index (χ4n) is 6.77. The number of alkyl halides is 6. The molecular weight excluding hydrogens is 659 g/mol. The van der Waals surface area contributed by atoms with Gasteiger partial charge in [-0.15, -0.1) is 0 Å². The van der Waals surface area contributed by atoms with Gasteiger partial charge in [0.1, 0.15) is 17.0 Å². The van der Waals surface area contributed by atoms with E-state index in [-0.39, 0.29) is 53.2 Å². The normalized spacial score (nSPS) is 24.2. The zero-order valence-electron chi connectivity index (χ0n) is 25.5. The summed E-state index contributed by atoms with van der Waals surface area (Å²) in [7, 11) is 1.06. The fourth-order valence-corrected chi connectivity index (χ4v) is 6.77. The van der Waals surface area contributed by atoms with E-state index in [9.17, 15) is 40.7 Å². The molecule has 2 unspecified atom stereocenters. The summed E-state index contributed by atoms with van der Waals surface area (Å²) in [5.74, 6) is -17.7. The number of ether oxygens (including phenoxy) is 1. The minimum atomic E-state index is -4.47. The Hall–Kier alpha value is -4.45. The van der Waals surface area contributed by atoms with Crippen molar-refractivity contribution in [3.8, 4) is 0 Å². The van der Waals surface area contributed by atoms with Crippen LogP contribution in [0.2, 0.25) is 0 Å². The van der Waals surface area contributed by atoms with Crippen LogP contribution in [-0.4, -0.2) is 99.0 Å². The van der Waals surface area contributed by atoms with Crippen molar-refractivity contribution in [3.05, 3.63) is 40.7 Å². The van der Waals surface area contributed by atoms with Crippen molar-refractivity contribution in [1.29, 1.82) is 0 Å². The summed E-state index contributed by atoms with van der Waals surface area (Å²) >= 11 is 0. The number of rotatable bonds is 6. The first kappa shape index (κ1) is 33.5. The number of nitrogens with one attached hydrogen (secondary N) is 2. The van der Waals surface area contributed by atoms with Crippen molar-refractivity contribution in [1.82, 2.24) is 35.4 Å². The van der Waals surface area contributed by atoms with Gasteiger partial charge in [-0.1, -0.05) is 11.2 Å². The number of methoxy groups -OCH3 is 1. The van der Waals surface area contributed by atoms with Crippen LogP contribution in [0.3, 0.4) is 0 Å². The number of hydrogen-bond donors (Lipinski definition) is 2. The van der Waals surface area contributed by atoms with Gasteiger partial charge in [-0.05, 0) is 42.5 Å². The zero-order chi connectivity index (χ0) is 34.8. The van der Waals surface area contributed by atoms with Crippen molar-refractivity contribution >= 4 is 28.9 Å². The van der Waals surface area contributed by atoms with Crippen LogP contribution in [0.1, 0.15) is 65.2 Å². The van der Waals surface area contributed by atoms with Crippen LogP contribution in [0.4, 0.5) is 35.5 Å². The number of nitrogens with zero attached hydrogens (tertiary/aromatic N) is 5. The first-order valence-corrected chi connectivity index (χ1v) is 15.0. The molecule has 48 heavy (non-hydrogen) atoms. The van der Waals surface area contributed by atoms with E-state index in [0.29, 0.717) is 4.90 Å². The largest absolute Gasteiger partial charge is 0.453 e. The first-order valence-electron chi connectivity index (χ1n) is 15.0. The summed E-state index contributed by atoms with van der Waals surface area (Å²) in [5, 5.41) is 9.87. The lowest BCUT2D eigenvalue weighted by Crippen LogP contribution is -2.39. The minimum Gasteiger partial charge on any atom is -0.453 e. The summed E-state index contributed by atoms with van der Waals surface area (Å²) in [4.78, 5) is 47.5. The van der Waals surface area contributed by atoms with Gasteiger partial charge in [-0.2, -0.15) is 17.6 Å². The molecule has 0 spiro atoms. The SMILES string of the molecule is COC(=O)N1CC(C(=O)N2CC(F)(F)C(F)(F)C2)C(c2ccc3[nH]c([C@@H](NC(=O)c4nonc4C)C4CCC(F)(F)CC4)nc3c2F)C1. The Labute approximate surface area is 267 Å². The Morgan fingerprint density at radius 3 is 2.29 bits per heavy atom. The Morgan fingerprint density at radius 1 is 1.02 bits per heavy atom. The minimum absolute atomic E-state index is 0.00257. The molecule has 3 amide bonds. The number of hydrogen-bond acceptors (Lipinski definition) is 8. The van der Waals surface area contributed by atoms with E-state index in [1.165, 1.54) is 19.1 Å². The molecule has 3 atom stereocenters. The molecule has 4 heterocycles. The third-order valence-corrected chi connectivity index (χ3v) is 9.42. The van der Waals surface area contributed by atoms with Crippen molar-refractivity contribution in [2.45, 2.75) is 62.3 Å². The van der Waals surface area contributed by atoms with Crippen LogP contribution >= 0.6 is 0 Å². The molecular formula is C29H30F7N7O5. The molecule has 0 bridgehead atoms. The number of aromatic amines is 1. The highest BCUT2D eigenvalue weighted by molar-refractivity contribution is 5.93. The molecule has 12 nitrogen and oxygen atoms in total. The number of H-pyrrole nitrogens is 1. The molecule has 3 fully saturated rings. The molecule has 2 aromatic heterocycles. The van der Waals surface area contributed by atoms with Gasteiger partial charge in [-0.3, -0.25) is 9.59 Å². The number of likely N-dealkylation sites (tertiary alicyclic amines) is 2. The summed E-state index contributed by atoms with van der Waals surface area (Å²) < 4.78 is 110. The quantitative estimate of drug-likeness (QED) is 0.358. The third-order valence-electron chi connectivity index (χ3n) is 9.42. The van der Waals surface area contributed by atoms with Gasteiger partial charge in [0.2, 0.25) is 11.8 Å². The molecule has 3 aromatic rings. The molecule has 2 aliphatic heterocycles. The predicted octanol–water partition coefficient (Wildman–Crippen LogP) is 4.58. The lowest BCUT2D eigenvalue weighted by Gasteiger charge is -2.33. The number of aromatic nitrogens is 4. The van der Waals surface area contributed by atoms with Gasteiger partial charge >= 0.3 is 17.9 Å². The number of amides is 3. The predicted molar refractivity (Wildman–Crippen MR) is 149 cm³/mol. The standard InChI is InChI=1S/C29H30F7N7O5/c1-13-20(41-48-40-13)24(44)39-21(14-5-7-27(31,32)8-6-14)23-37-18-4-3-15(19(30)22(18)38-23)16-9-42(26(46)47-2)10-17(16)25(45)43-11-28(33,34)29(35,36)12-43/h3-4,14,16-17,21H,5-12H2,1-2H3,(H,37,38)(H,39,44)/t16?,17?,21-/m0/s1. The number of carbonyl (C=O) groups is 3. The number of halogens is 7. The summed E-state index contributed by atoms with van der Waals surface area (Å²) in [6, 6.07) is 1.69. The Bertz CT molecular complexity index is 1720. The first-order chi connectivity index (χ1) is 22.5. The van der Waals surface area contributed by atoms with E-state index >= 15 is 4.39 Å². The van der Waals surface area contributed by atoms with Crippen molar-refractivity contribution < 1.29 is 54.5 Å². The highest BCUT2D eigenvalue weighted by Gasteiger charge is 2.64. The van der Waals surface area contributed by atoms with Crippen molar-refractivity contribution in [3.63, 3.8) is 0 Å². The number of aryl methyl sites for hydroxylation is 1. The monoisotopic (exact) mass is 689 g/mol. The molecule has 1 saturated carbocycles. The van der Waals surface area contributed by atoms with Gasteiger partial charge in [0.05, 0.1) is 37.7 Å². The maximum atomic E-state index is 16.4. The van der Waals surface area contributed by atoms with Crippen LogP contribution in [-0.2, 0) is 9.53 Å². The molecule has 2 saturated heterocycles. The van der Waals surface area contributed by atoms with Gasteiger partial charge in [0, 0.05) is 31.8 Å². The maximum Gasteiger partial charge on any atom is 0.409 e. The van der Waals surface area contributed by atoms with Gasteiger partial charge in [0.25, 0.3) is 5.91 Å². The number of fused-ring (bicyclic) bond motifs is 1. The Kier molecular flexibility index (Phi) is 8.30. The smallest absolute Gasteiger partial charge is 0.409 e. The van der Waals surface area contributed by atoms with Gasteiger partial charge in [-0.25, -0.2) is 27.6 Å². The Morgan fingerprint density at radius 2 is 1.69 bits per heavy atom. The van der Waals surface area contributed by atoms with Crippen LogP contribution in [0.15, 0.2) is 16.8 Å². The molecule has 260 valence electrons. The van der Waals surface area contributed by atoms with Crippen molar-refractivity contribution in [2.24, 2.45) is 11.8 Å². The van der Waals surface area contributed by atoms with Crippen LogP contribution < -0.4 is 5.32 Å². The average molecular weight is 690 g/mol. The maximum absolute atomic E-state index is 16.4.